The minimum Gasteiger partial charge on any atom is -0.459 e. The molecule has 1 atom stereocenters. The standard InChI is InChI=1S/C12H23O6P/c1-6-16-19(15,17-7-2)10(8-9-13)11(14)18-12(3,4)5/h9-10H,6-8H2,1-5H3. The predicted molar refractivity (Wildman–Crippen MR) is 71.2 cm³/mol. The average molecular weight is 294 g/mol. The molecule has 0 amide bonds. The lowest BCUT2D eigenvalue weighted by Crippen LogP contribution is -2.33. The molecule has 112 valence electrons. The molecule has 1 unspecified atom stereocenters. The maximum Gasteiger partial charge on any atom is 0.345 e. The van der Waals surface area contributed by atoms with Crippen LogP contribution in [0.4, 0.5) is 0 Å². The first kappa shape index (κ1) is 18.3. The van der Waals surface area contributed by atoms with Crippen LogP contribution in [0, 0.1) is 0 Å². The molecule has 0 aliphatic carbocycles. The van der Waals surface area contributed by atoms with Gasteiger partial charge < -0.3 is 18.6 Å². The Morgan fingerprint density at radius 2 is 1.68 bits per heavy atom. The van der Waals surface area contributed by atoms with Crippen LogP contribution in [-0.4, -0.2) is 36.7 Å². The van der Waals surface area contributed by atoms with Gasteiger partial charge in [-0.2, -0.15) is 0 Å². The SMILES string of the molecule is CCOP(=O)(OCC)C(CC=O)C(=O)OC(C)(C)C. The molecule has 7 heteroatoms. The summed E-state index contributed by atoms with van der Waals surface area (Å²) in [4.78, 5) is 22.7. The Hall–Kier alpha value is -0.710. The van der Waals surface area contributed by atoms with Gasteiger partial charge in [-0.25, -0.2) is 0 Å². The van der Waals surface area contributed by atoms with Crippen LogP contribution in [0.15, 0.2) is 0 Å². The van der Waals surface area contributed by atoms with Crippen LogP contribution in [0.25, 0.3) is 0 Å². The van der Waals surface area contributed by atoms with Crippen LogP contribution in [0.3, 0.4) is 0 Å². The number of aldehydes is 1. The zero-order valence-corrected chi connectivity index (χ0v) is 13.1. The second kappa shape index (κ2) is 7.78. The molecule has 0 aromatic heterocycles. The predicted octanol–water partition coefficient (Wildman–Crippen LogP) is 2.55. The van der Waals surface area contributed by atoms with Gasteiger partial charge in [-0.1, -0.05) is 0 Å². The van der Waals surface area contributed by atoms with Crippen molar-refractivity contribution < 1.29 is 27.9 Å². The van der Waals surface area contributed by atoms with Crippen molar-refractivity contribution in [2.75, 3.05) is 13.2 Å². The molecule has 0 N–H and O–H groups in total. The molecule has 0 radical (unpaired) electrons. The molecule has 0 saturated carbocycles. The summed E-state index contributed by atoms with van der Waals surface area (Å²) in [5, 5.41) is 0. The van der Waals surface area contributed by atoms with Gasteiger partial charge in [0.25, 0.3) is 0 Å². The van der Waals surface area contributed by atoms with Crippen LogP contribution < -0.4 is 0 Å². The Morgan fingerprint density at radius 3 is 2.00 bits per heavy atom. The van der Waals surface area contributed by atoms with Gasteiger partial charge in [-0.15, -0.1) is 0 Å². The lowest BCUT2D eigenvalue weighted by molar-refractivity contribution is -0.155. The number of hydrogen-bond acceptors (Lipinski definition) is 6. The molecule has 0 saturated heterocycles. The van der Waals surface area contributed by atoms with Crippen LogP contribution in [-0.2, 0) is 27.9 Å². The molecule has 0 aromatic rings. The molecule has 0 aromatic carbocycles. The highest BCUT2D eigenvalue weighted by Crippen LogP contribution is 2.54. The fourth-order valence-electron chi connectivity index (χ4n) is 1.39. The smallest absolute Gasteiger partial charge is 0.345 e. The van der Waals surface area contributed by atoms with E-state index in [9.17, 15) is 14.2 Å². The van der Waals surface area contributed by atoms with E-state index in [1.807, 2.05) is 0 Å². The molecular weight excluding hydrogens is 271 g/mol. The zero-order valence-electron chi connectivity index (χ0n) is 12.2. The number of rotatable bonds is 8. The highest BCUT2D eigenvalue weighted by molar-refractivity contribution is 7.55. The van der Waals surface area contributed by atoms with E-state index in [1.165, 1.54) is 0 Å². The van der Waals surface area contributed by atoms with Crippen molar-refractivity contribution in [2.45, 2.75) is 52.3 Å². The van der Waals surface area contributed by atoms with Crippen molar-refractivity contribution in [3.05, 3.63) is 0 Å². The normalized spacial score (nSPS) is 13.9. The Morgan fingerprint density at radius 1 is 1.21 bits per heavy atom. The first-order chi connectivity index (χ1) is 8.70. The van der Waals surface area contributed by atoms with Crippen molar-refractivity contribution >= 4 is 19.9 Å². The molecule has 6 nitrogen and oxygen atoms in total. The minimum absolute atomic E-state index is 0.120. The lowest BCUT2D eigenvalue weighted by atomic mass is 10.2. The third-order valence-corrected chi connectivity index (χ3v) is 4.42. The molecule has 0 heterocycles. The number of hydrogen-bond donors (Lipinski definition) is 0. The summed E-state index contributed by atoms with van der Waals surface area (Å²) in [5.74, 6) is -0.746. The third-order valence-electron chi connectivity index (χ3n) is 2.00. The van der Waals surface area contributed by atoms with E-state index in [-0.39, 0.29) is 19.6 Å². The van der Waals surface area contributed by atoms with Crippen LogP contribution in [0.5, 0.6) is 0 Å². The Bertz CT molecular complexity index is 337. The van der Waals surface area contributed by atoms with E-state index in [0.29, 0.717) is 6.29 Å². The molecular formula is C12H23O6P. The van der Waals surface area contributed by atoms with Crippen molar-refractivity contribution in [1.82, 2.24) is 0 Å². The molecule has 0 rings (SSSR count). The zero-order chi connectivity index (χ0) is 15.1. The fraction of sp³-hybridized carbons (Fsp3) is 0.833. The number of esters is 1. The Balaban J connectivity index is 5.19. The summed E-state index contributed by atoms with van der Waals surface area (Å²) in [6, 6.07) is 0. The van der Waals surface area contributed by atoms with E-state index >= 15 is 0 Å². The van der Waals surface area contributed by atoms with E-state index in [2.05, 4.69) is 0 Å². The van der Waals surface area contributed by atoms with Gasteiger partial charge in [0, 0.05) is 6.42 Å². The highest BCUT2D eigenvalue weighted by Gasteiger charge is 2.43. The van der Waals surface area contributed by atoms with Crippen LogP contribution >= 0.6 is 7.60 Å². The highest BCUT2D eigenvalue weighted by atomic mass is 31.2. The van der Waals surface area contributed by atoms with E-state index in [4.69, 9.17) is 13.8 Å². The van der Waals surface area contributed by atoms with Crippen molar-refractivity contribution in [2.24, 2.45) is 0 Å². The summed E-state index contributed by atoms with van der Waals surface area (Å²) < 4.78 is 27.9. The number of carbonyl (C=O) groups excluding carboxylic acids is 2. The lowest BCUT2D eigenvalue weighted by Gasteiger charge is -2.27. The number of ether oxygens (including phenoxy) is 1. The van der Waals surface area contributed by atoms with Crippen molar-refractivity contribution in [3.63, 3.8) is 0 Å². The van der Waals surface area contributed by atoms with Crippen LogP contribution in [0.1, 0.15) is 41.0 Å². The van der Waals surface area contributed by atoms with Gasteiger partial charge in [-0.05, 0) is 34.6 Å². The molecule has 0 fully saturated rings. The molecule has 0 aliphatic heterocycles. The molecule has 0 bridgehead atoms. The maximum atomic E-state index is 12.5. The topological polar surface area (TPSA) is 78.9 Å². The molecule has 0 spiro atoms. The first-order valence-electron chi connectivity index (χ1n) is 6.25. The molecule has 0 aliphatic rings. The van der Waals surface area contributed by atoms with Gasteiger partial charge in [0.15, 0.2) is 5.66 Å². The van der Waals surface area contributed by atoms with Gasteiger partial charge in [0.05, 0.1) is 13.2 Å². The van der Waals surface area contributed by atoms with E-state index in [1.54, 1.807) is 34.6 Å². The van der Waals surface area contributed by atoms with Gasteiger partial charge in [-0.3, -0.25) is 9.36 Å². The van der Waals surface area contributed by atoms with Gasteiger partial charge in [0.2, 0.25) is 0 Å². The van der Waals surface area contributed by atoms with Crippen LogP contribution in [0.2, 0.25) is 0 Å². The first-order valence-corrected chi connectivity index (χ1v) is 7.86. The maximum absolute atomic E-state index is 12.5. The largest absolute Gasteiger partial charge is 0.459 e. The van der Waals surface area contributed by atoms with Gasteiger partial charge >= 0.3 is 13.6 Å². The third kappa shape index (κ3) is 6.32. The summed E-state index contributed by atoms with van der Waals surface area (Å²) in [5.41, 5.74) is -1.95. The fourth-order valence-corrected chi connectivity index (χ4v) is 3.20. The quantitative estimate of drug-likeness (QED) is 0.389. The average Bonchev–Trinajstić information content (AvgIpc) is 2.23. The summed E-state index contributed by atoms with van der Waals surface area (Å²) >= 11 is 0. The van der Waals surface area contributed by atoms with Crippen molar-refractivity contribution in [3.8, 4) is 0 Å². The Labute approximate surface area is 114 Å². The second-order valence-corrected chi connectivity index (χ2v) is 7.05. The van der Waals surface area contributed by atoms with Gasteiger partial charge in [0.1, 0.15) is 11.9 Å². The van der Waals surface area contributed by atoms with Crippen molar-refractivity contribution in [1.29, 1.82) is 0 Å². The summed E-state index contributed by atoms with van der Waals surface area (Å²) in [6.45, 7) is 8.59. The number of carbonyl (C=O) groups is 2. The minimum atomic E-state index is -3.69. The van der Waals surface area contributed by atoms with E-state index < -0.39 is 24.8 Å². The van der Waals surface area contributed by atoms with E-state index in [0.717, 1.165) is 0 Å². The molecule has 19 heavy (non-hydrogen) atoms. The second-order valence-electron chi connectivity index (χ2n) is 4.83. The Kier molecular flexibility index (Phi) is 7.49. The monoisotopic (exact) mass is 294 g/mol. The summed E-state index contributed by atoms with van der Waals surface area (Å²) in [7, 11) is -3.69. The summed E-state index contributed by atoms with van der Waals surface area (Å²) in [6.07, 6.45) is 0.255.